The monoisotopic (exact) mass is 394 g/mol. The van der Waals surface area contributed by atoms with Gasteiger partial charge in [-0.2, -0.15) is 13.2 Å². The summed E-state index contributed by atoms with van der Waals surface area (Å²) >= 11 is 6.03. The van der Waals surface area contributed by atoms with E-state index in [9.17, 15) is 18.0 Å². The van der Waals surface area contributed by atoms with E-state index in [1.165, 1.54) is 37.6 Å². The molecule has 0 saturated carbocycles. The van der Waals surface area contributed by atoms with E-state index >= 15 is 0 Å². The van der Waals surface area contributed by atoms with Crippen molar-refractivity contribution in [3.8, 4) is 17.1 Å². The van der Waals surface area contributed by atoms with Crippen molar-refractivity contribution in [1.82, 2.24) is 9.55 Å². The number of rotatable bonds is 4. The third-order valence-corrected chi connectivity index (χ3v) is 4.32. The number of hydrogen-bond donors (Lipinski definition) is 0. The lowest BCUT2D eigenvalue weighted by Gasteiger charge is -2.17. The molecule has 1 aromatic carbocycles. The molecule has 4 nitrogen and oxygen atoms in total. The second kappa shape index (κ2) is 7.44. The lowest BCUT2D eigenvalue weighted by atomic mass is 10.1. The summed E-state index contributed by atoms with van der Waals surface area (Å²) in [5.41, 5.74) is -0.296. The minimum absolute atomic E-state index is 0.118. The van der Waals surface area contributed by atoms with Crippen molar-refractivity contribution >= 4 is 11.6 Å². The topological polar surface area (TPSA) is 44.1 Å². The highest BCUT2D eigenvalue weighted by Crippen LogP contribution is 2.39. The SMILES string of the molecule is COc1cccc(Cn2ccc(=O)cc2-c2cccc(C(F)(F)F)c2Cl)n1. The van der Waals surface area contributed by atoms with Gasteiger partial charge < -0.3 is 9.30 Å². The number of hydrogen-bond acceptors (Lipinski definition) is 3. The molecule has 0 aliphatic heterocycles. The molecular weight excluding hydrogens is 381 g/mol. The van der Waals surface area contributed by atoms with Crippen molar-refractivity contribution in [1.29, 1.82) is 0 Å². The standard InChI is InChI=1S/C19H14ClF3N2O2/c1-27-17-7-2-4-12(24-17)11-25-9-8-13(26)10-16(25)14-5-3-6-15(18(14)20)19(21,22)23/h2-10H,11H2,1H3. The van der Waals surface area contributed by atoms with Crippen LogP contribution in [0.2, 0.25) is 5.02 Å². The number of benzene rings is 1. The van der Waals surface area contributed by atoms with Gasteiger partial charge in [0.05, 0.1) is 35.6 Å². The van der Waals surface area contributed by atoms with Crippen LogP contribution in [0.4, 0.5) is 13.2 Å². The van der Waals surface area contributed by atoms with Crippen LogP contribution in [0.3, 0.4) is 0 Å². The van der Waals surface area contributed by atoms with Gasteiger partial charge in [0.15, 0.2) is 5.43 Å². The molecule has 2 aromatic heterocycles. The lowest BCUT2D eigenvalue weighted by molar-refractivity contribution is -0.137. The fourth-order valence-corrected chi connectivity index (χ4v) is 2.99. The van der Waals surface area contributed by atoms with E-state index < -0.39 is 16.8 Å². The fourth-order valence-electron chi connectivity index (χ4n) is 2.66. The van der Waals surface area contributed by atoms with Gasteiger partial charge in [0.2, 0.25) is 5.88 Å². The molecule has 27 heavy (non-hydrogen) atoms. The molecule has 0 bridgehead atoms. The van der Waals surface area contributed by atoms with Gasteiger partial charge in [0.1, 0.15) is 0 Å². The Labute approximate surface area is 157 Å². The summed E-state index contributed by atoms with van der Waals surface area (Å²) in [6.07, 6.45) is -3.10. The molecule has 2 heterocycles. The highest BCUT2D eigenvalue weighted by molar-refractivity contribution is 6.34. The quantitative estimate of drug-likeness (QED) is 0.647. The lowest BCUT2D eigenvalue weighted by Crippen LogP contribution is -2.12. The van der Waals surface area contributed by atoms with Gasteiger partial charge in [-0.1, -0.05) is 29.8 Å². The Morgan fingerprint density at radius 2 is 1.89 bits per heavy atom. The maximum absolute atomic E-state index is 13.2. The van der Waals surface area contributed by atoms with Gasteiger partial charge in [0.25, 0.3) is 0 Å². The van der Waals surface area contributed by atoms with Crippen LogP contribution in [0.25, 0.3) is 11.3 Å². The first-order valence-electron chi connectivity index (χ1n) is 7.86. The molecule has 8 heteroatoms. The number of ether oxygens (including phenoxy) is 1. The maximum Gasteiger partial charge on any atom is 0.417 e. The molecule has 3 rings (SSSR count). The number of aromatic nitrogens is 2. The first kappa shape index (κ1) is 19.0. The zero-order chi connectivity index (χ0) is 19.6. The Hall–Kier alpha value is -2.80. The molecule has 140 valence electrons. The molecule has 0 fully saturated rings. The first-order chi connectivity index (χ1) is 12.8. The number of nitrogens with zero attached hydrogens (tertiary/aromatic N) is 2. The number of alkyl halides is 3. The zero-order valence-corrected chi connectivity index (χ0v) is 14.9. The molecule has 0 aliphatic carbocycles. The summed E-state index contributed by atoms with van der Waals surface area (Å²) in [6.45, 7) is 0.222. The third-order valence-electron chi connectivity index (χ3n) is 3.91. The molecule has 0 spiro atoms. The predicted molar refractivity (Wildman–Crippen MR) is 96.0 cm³/mol. The fraction of sp³-hybridized carbons (Fsp3) is 0.158. The Kier molecular flexibility index (Phi) is 5.23. The van der Waals surface area contributed by atoms with Crippen LogP contribution in [0.15, 0.2) is 59.5 Å². The third kappa shape index (κ3) is 4.14. The Bertz CT molecular complexity index is 1030. The van der Waals surface area contributed by atoms with Crippen molar-refractivity contribution in [2.75, 3.05) is 7.11 Å². The minimum atomic E-state index is -4.60. The first-order valence-corrected chi connectivity index (χ1v) is 8.24. The average Bonchev–Trinajstić information content (AvgIpc) is 2.63. The highest BCUT2D eigenvalue weighted by atomic mass is 35.5. The zero-order valence-electron chi connectivity index (χ0n) is 14.1. The smallest absolute Gasteiger partial charge is 0.417 e. The van der Waals surface area contributed by atoms with Crippen molar-refractivity contribution < 1.29 is 17.9 Å². The summed E-state index contributed by atoms with van der Waals surface area (Å²) in [5, 5.41) is -0.456. The number of halogens is 4. The van der Waals surface area contributed by atoms with Gasteiger partial charge in [0, 0.05) is 30.0 Å². The van der Waals surface area contributed by atoms with E-state index in [2.05, 4.69) is 4.98 Å². The molecular formula is C19H14ClF3N2O2. The minimum Gasteiger partial charge on any atom is -0.481 e. The van der Waals surface area contributed by atoms with Gasteiger partial charge in [-0.05, 0) is 12.1 Å². The van der Waals surface area contributed by atoms with Crippen molar-refractivity contribution in [2.45, 2.75) is 12.7 Å². The van der Waals surface area contributed by atoms with E-state index in [4.69, 9.17) is 16.3 Å². The highest BCUT2D eigenvalue weighted by Gasteiger charge is 2.34. The van der Waals surface area contributed by atoms with Crippen LogP contribution in [0, 0.1) is 0 Å². The summed E-state index contributed by atoms with van der Waals surface area (Å²) in [5.74, 6) is 0.409. The predicted octanol–water partition coefficient (Wildman–Crippen LogP) is 4.64. The second-order valence-electron chi connectivity index (χ2n) is 5.71. The normalized spacial score (nSPS) is 11.4. The molecule has 0 atom stereocenters. The van der Waals surface area contributed by atoms with Crippen LogP contribution in [-0.4, -0.2) is 16.7 Å². The van der Waals surface area contributed by atoms with Crippen LogP contribution in [0.5, 0.6) is 5.88 Å². The van der Waals surface area contributed by atoms with E-state index in [-0.39, 0.29) is 23.2 Å². The maximum atomic E-state index is 13.2. The summed E-state index contributed by atoms with van der Waals surface area (Å²) in [7, 11) is 1.49. The van der Waals surface area contributed by atoms with Crippen molar-refractivity contribution in [3.05, 3.63) is 81.2 Å². The van der Waals surface area contributed by atoms with E-state index in [0.717, 1.165) is 6.07 Å². The largest absolute Gasteiger partial charge is 0.481 e. The molecule has 0 N–H and O–H groups in total. The van der Waals surface area contributed by atoms with E-state index in [0.29, 0.717) is 11.6 Å². The molecule has 0 unspecified atom stereocenters. The van der Waals surface area contributed by atoms with E-state index in [1.54, 1.807) is 22.8 Å². The molecule has 0 radical (unpaired) electrons. The number of methoxy groups -OCH3 is 1. The summed E-state index contributed by atoms with van der Waals surface area (Å²) in [4.78, 5) is 16.1. The molecule has 0 amide bonds. The average molecular weight is 395 g/mol. The second-order valence-corrected chi connectivity index (χ2v) is 6.09. The Balaban J connectivity index is 2.12. The van der Waals surface area contributed by atoms with Crippen molar-refractivity contribution in [3.63, 3.8) is 0 Å². The van der Waals surface area contributed by atoms with Gasteiger partial charge >= 0.3 is 6.18 Å². The van der Waals surface area contributed by atoms with Gasteiger partial charge in [-0.15, -0.1) is 0 Å². The van der Waals surface area contributed by atoms with Crippen LogP contribution >= 0.6 is 11.6 Å². The van der Waals surface area contributed by atoms with Crippen LogP contribution < -0.4 is 10.2 Å². The molecule has 3 aromatic rings. The number of pyridine rings is 2. The molecule has 0 saturated heterocycles. The van der Waals surface area contributed by atoms with Gasteiger partial charge in [-0.3, -0.25) is 4.79 Å². The summed E-state index contributed by atoms with van der Waals surface area (Å²) in [6, 6.07) is 11.4. The Morgan fingerprint density at radius 3 is 2.59 bits per heavy atom. The van der Waals surface area contributed by atoms with Gasteiger partial charge in [-0.25, -0.2) is 4.98 Å². The Morgan fingerprint density at radius 1 is 1.15 bits per heavy atom. The van der Waals surface area contributed by atoms with Crippen LogP contribution in [-0.2, 0) is 12.7 Å². The molecule has 0 aliphatic rings. The summed E-state index contributed by atoms with van der Waals surface area (Å²) < 4.78 is 46.2. The van der Waals surface area contributed by atoms with Crippen molar-refractivity contribution in [2.24, 2.45) is 0 Å². The van der Waals surface area contributed by atoms with E-state index in [1.807, 2.05) is 0 Å². The van der Waals surface area contributed by atoms with Crippen LogP contribution in [0.1, 0.15) is 11.3 Å².